The quantitative estimate of drug-likeness (QED) is 0.843. The molecule has 1 saturated heterocycles. The highest BCUT2D eigenvalue weighted by atomic mass is 28.5. The van der Waals surface area contributed by atoms with Crippen LogP contribution in [0.1, 0.15) is 0 Å². The molecule has 22 heavy (non-hydrogen) atoms. The Kier molecular flexibility index (Phi) is 4.00. The molecule has 0 spiro atoms. The van der Waals surface area contributed by atoms with Crippen LogP contribution in [0, 0.1) is 0 Å². The molecule has 0 aliphatic carbocycles. The van der Waals surface area contributed by atoms with Crippen molar-refractivity contribution in [3.63, 3.8) is 0 Å². The van der Waals surface area contributed by atoms with Crippen molar-refractivity contribution in [2.45, 2.75) is 19.6 Å². The van der Waals surface area contributed by atoms with Crippen molar-refractivity contribution in [1.82, 2.24) is 8.13 Å². The van der Waals surface area contributed by atoms with E-state index in [1.807, 2.05) is 36.4 Å². The van der Waals surface area contributed by atoms with Crippen LogP contribution in [0.2, 0.25) is 19.6 Å². The van der Waals surface area contributed by atoms with Crippen molar-refractivity contribution in [2.24, 2.45) is 0 Å². The lowest BCUT2D eigenvalue weighted by molar-refractivity contribution is 0.471. The van der Waals surface area contributed by atoms with Crippen molar-refractivity contribution >= 4 is 36.4 Å². The zero-order valence-electron chi connectivity index (χ0n) is 13.7. The van der Waals surface area contributed by atoms with Gasteiger partial charge >= 0.3 is 8.48 Å². The fraction of sp³-hybridized carbons (Fsp3) is 0.250. The molecule has 0 saturated carbocycles. The van der Waals surface area contributed by atoms with Crippen LogP contribution in [0.25, 0.3) is 0 Å². The van der Waals surface area contributed by atoms with Gasteiger partial charge < -0.3 is 12.9 Å². The van der Waals surface area contributed by atoms with Crippen molar-refractivity contribution in [2.75, 3.05) is 7.05 Å². The Morgan fingerprint density at radius 1 is 0.909 bits per heavy atom. The molecule has 3 nitrogen and oxygen atoms in total. The second kappa shape index (κ2) is 5.55. The molecule has 116 valence electrons. The third-order valence-electron chi connectivity index (χ3n) is 5.09. The molecule has 1 atom stereocenters. The first-order valence-corrected chi connectivity index (χ1v) is 14.7. The summed E-state index contributed by atoms with van der Waals surface area (Å²) in [5, 5.41) is 2.21. The van der Waals surface area contributed by atoms with E-state index in [0.717, 1.165) is 10.4 Å². The van der Waals surface area contributed by atoms with Gasteiger partial charge in [0, 0.05) is 0 Å². The van der Waals surface area contributed by atoms with E-state index in [9.17, 15) is 4.80 Å². The first kappa shape index (κ1) is 15.9. The van der Waals surface area contributed by atoms with Crippen LogP contribution >= 0.6 is 0 Å². The van der Waals surface area contributed by atoms with Crippen molar-refractivity contribution in [1.29, 1.82) is 0 Å². The molecule has 2 aromatic carbocycles. The monoisotopic (exact) mass is 344 g/mol. The van der Waals surface area contributed by atoms with Gasteiger partial charge in [-0.1, -0.05) is 60.7 Å². The van der Waals surface area contributed by atoms with E-state index in [0.29, 0.717) is 0 Å². The van der Waals surface area contributed by atoms with Crippen LogP contribution in [0.5, 0.6) is 0 Å². The number of benzene rings is 2. The zero-order valence-corrected chi connectivity index (χ0v) is 16.8. The van der Waals surface area contributed by atoms with Gasteiger partial charge in [-0.05, 0) is 37.1 Å². The third-order valence-corrected chi connectivity index (χ3v) is 23.7. The summed E-state index contributed by atoms with van der Waals surface area (Å²) in [6.45, 7) is 7.04. The summed E-state index contributed by atoms with van der Waals surface area (Å²) in [5.41, 5.74) is 0. The van der Waals surface area contributed by atoms with Crippen molar-refractivity contribution < 1.29 is 4.80 Å². The van der Waals surface area contributed by atoms with Gasteiger partial charge in [-0.3, -0.25) is 0 Å². The van der Waals surface area contributed by atoms with E-state index < -0.39 is 26.0 Å². The second-order valence-electron chi connectivity index (χ2n) is 6.51. The maximum Gasteiger partial charge on any atom is 0.324 e. The van der Waals surface area contributed by atoms with Gasteiger partial charge in [0.2, 0.25) is 0 Å². The summed E-state index contributed by atoms with van der Waals surface area (Å²) in [7, 11) is -3.54. The van der Waals surface area contributed by atoms with Crippen molar-refractivity contribution in [3.8, 4) is 0 Å². The van der Waals surface area contributed by atoms with Gasteiger partial charge in [0.1, 0.15) is 0 Å². The number of hydrogen-bond acceptors (Lipinski definition) is 3. The van der Waals surface area contributed by atoms with Crippen LogP contribution in [0.4, 0.5) is 0 Å². The minimum absolute atomic E-state index is 1.11. The minimum Gasteiger partial charge on any atom is -0.413 e. The number of nitrogens with zero attached hydrogens (tertiary/aromatic N) is 2. The molecule has 2 aromatic rings. The SMILES string of the molecule is CN1[SiH](C)N([Si](O)(c2ccccc2)c2ccccc2)[Si]1(C)C. The molecule has 1 fully saturated rings. The normalized spacial score (nSPS) is 22.3. The zero-order chi connectivity index (χ0) is 16.0. The largest absolute Gasteiger partial charge is 0.413 e. The molecule has 0 aromatic heterocycles. The second-order valence-corrected chi connectivity index (χ2v) is 18.2. The number of hydrogen-bond donors (Lipinski definition) is 1. The predicted octanol–water partition coefficient (Wildman–Crippen LogP) is 1.03. The molecule has 0 bridgehead atoms. The first-order chi connectivity index (χ1) is 10.4. The molecular formula is C16H24N2OSi3. The van der Waals surface area contributed by atoms with E-state index in [-0.39, 0.29) is 0 Å². The molecule has 3 rings (SSSR count). The lowest BCUT2D eigenvalue weighted by atomic mass is 10.4. The maximum absolute atomic E-state index is 12.0. The van der Waals surface area contributed by atoms with Crippen LogP contribution < -0.4 is 10.4 Å². The standard InChI is InChI=1S/C16H24N2OSi3/c1-17-20(2)18(21(17,3)4)22(19,15-11-7-5-8-12-15)16-13-9-6-10-14-16/h5-14,19-20H,1-4H3. The Morgan fingerprint density at radius 2 is 1.32 bits per heavy atom. The van der Waals surface area contributed by atoms with Gasteiger partial charge in [-0.2, -0.15) is 0 Å². The minimum atomic E-state index is -2.84. The van der Waals surface area contributed by atoms with Gasteiger partial charge in [-0.15, -0.1) is 0 Å². The predicted molar refractivity (Wildman–Crippen MR) is 100 cm³/mol. The fourth-order valence-corrected chi connectivity index (χ4v) is 23.5. The molecule has 1 aliphatic rings. The first-order valence-electron chi connectivity index (χ1n) is 7.76. The van der Waals surface area contributed by atoms with Crippen LogP contribution in [-0.2, 0) is 0 Å². The highest BCUT2D eigenvalue weighted by Crippen LogP contribution is 2.32. The third kappa shape index (κ3) is 2.18. The topological polar surface area (TPSA) is 26.7 Å². The summed E-state index contributed by atoms with van der Waals surface area (Å²) >= 11 is 0. The van der Waals surface area contributed by atoms with E-state index in [2.05, 4.69) is 59.1 Å². The van der Waals surface area contributed by atoms with Gasteiger partial charge in [0.25, 0.3) is 0 Å². The highest BCUT2D eigenvalue weighted by molar-refractivity contribution is 7.13. The molecule has 6 heteroatoms. The van der Waals surface area contributed by atoms with E-state index in [4.69, 9.17) is 0 Å². The van der Waals surface area contributed by atoms with Crippen molar-refractivity contribution in [3.05, 3.63) is 60.7 Å². The summed E-state index contributed by atoms with van der Waals surface area (Å²) in [5.74, 6) is 0. The molecule has 1 N–H and O–H groups in total. The molecule has 0 amide bonds. The molecule has 1 aliphatic heterocycles. The average molecular weight is 345 g/mol. The van der Waals surface area contributed by atoms with Crippen LogP contribution in [-0.4, -0.2) is 46.0 Å². The van der Waals surface area contributed by atoms with Crippen LogP contribution in [0.3, 0.4) is 0 Å². The van der Waals surface area contributed by atoms with Gasteiger partial charge in [0.15, 0.2) is 17.5 Å². The lowest BCUT2D eigenvalue weighted by Gasteiger charge is -2.64. The molecule has 0 radical (unpaired) electrons. The van der Waals surface area contributed by atoms with Crippen LogP contribution in [0.15, 0.2) is 60.7 Å². The summed E-state index contributed by atoms with van der Waals surface area (Å²) in [6, 6.07) is 20.6. The smallest absolute Gasteiger partial charge is 0.324 e. The Hall–Kier alpha value is -1.03. The lowest BCUT2D eigenvalue weighted by Crippen LogP contribution is -2.93. The molecular weight excluding hydrogens is 320 g/mol. The van der Waals surface area contributed by atoms with Gasteiger partial charge in [-0.25, -0.2) is 0 Å². The fourth-order valence-electron chi connectivity index (χ4n) is 3.65. The summed E-state index contributed by atoms with van der Waals surface area (Å²) < 4.78 is 5.17. The molecule has 1 heterocycles. The van der Waals surface area contributed by atoms with Gasteiger partial charge in [0.05, 0.1) is 0 Å². The Bertz CT molecular complexity index is 611. The Labute approximate surface area is 137 Å². The van der Waals surface area contributed by atoms with E-state index >= 15 is 0 Å². The molecule has 1 unspecified atom stereocenters. The Balaban J connectivity index is 2.17. The average Bonchev–Trinajstić information content (AvgIpc) is 2.55. The van der Waals surface area contributed by atoms with E-state index in [1.54, 1.807) is 0 Å². The van der Waals surface area contributed by atoms with E-state index in [1.165, 1.54) is 0 Å². The number of rotatable bonds is 3. The maximum atomic E-state index is 12.0. The highest BCUT2D eigenvalue weighted by Gasteiger charge is 2.61. The summed E-state index contributed by atoms with van der Waals surface area (Å²) in [4.78, 5) is 12.0. The Morgan fingerprint density at radius 3 is 1.68 bits per heavy atom. The summed E-state index contributed by atoms with van der Waals surface area (Å²) in [6.07, 6.45) is 0.